The van der Waals surface area contributed by atoms with Gasteiger partial charge in [0.05, 0.1) is 31.0 Å². The highest BCUT2D eigenvalue weighted by Gasteiger charge is 2.28. The molecule has 0 aliphatic carbocycles. The van der Waals surface area contributed by atoms with E-state index in [2.05, 4.69) is 40.2 Å². The van der Waals surface area contributed by atoms with Crippen LogP contribution in [0.1, 0.15) is 28.1 Å². The number of sulfonamides is 1. The number of benzene rings is 3. The fourth-order valence-electron chi connectivity index (χ4n) is 4.71. The number of hydrazone groups is 1. The van der Waals surface area contributed by atoms with Crippen LogP contribution in [0.25, 0.3) is 5.69 Å². The summed E-state index contributed by atoms with van der Waals surface area (Å²) in [6.07, 6.45) is 1.52. The number of carbonyl (C=O) groups is 1. The first-order chi connectivity index (χ1) is 20.0. The molecule has 42 heavy (non-hydrogen) atoms. The summed E-state index contributed by atoms with van der Waals surface area (Å²) in [5, 5.41) is 4.10. The van der Waals surface area contributed by atoms with Crippen molar-refractivity contribution in [2.75, 3.05) is 25.1 Å². The third kappa shape index (κ3) is 6.31. The molecule has 11 heteroatoms. The van der Waals surface area contributed by atoms with Gasteiger partial charge in [0, 0.05) is 28.7 Å². The lowest BCUT2D eigenvalue weighted by Crippen LogP contribution is -2.39. The standard InChI is InChI=1S/C31H33FN4O5S/c1-20-7-13-28(21(2)15-20)36-22(3)16-24(23(36)4)18-33-34-31(37)19-35(26-10-8-25(32)9-11-26)42(38,39)27-12-14-29(40-5)30(17-27)41-6/h7-18H,19H2,1-6H3,(H,34,37)/b33-18-. The fraction of sp³-hybridized carbons (Fsp3) is 0.226. The average Bonchev–Trinajstić information content (AvgIpc) is 3.24. The molecule has 1 amide bonds. The molecule has 0 spiro atoms. The maximum atomic E-state index is 13.7. The van der Waals surface area contributed by atoms with Crippen molar-refractivity contribution in [2.45, 2.75) is 32.6 Å². The van der Waals surface area contributed by atoms with Crippen LogP contribution in [0.4, 0.5) is 10.1 Å². The number of ether oxygens (including phenoxy) is 2. The molecule has 0 atom stereocenters. The van der Waals surface area contributed by atoms with Gasteiger partial charge >= 0.3 is 0 Å². The Morgan fingerprint density at radius 3 is 2.29 bits per heavy atom. The minimum absolute atomic E-state index is 0.0994. The molecule has 1 aromatic heterocycles. The molecule has 0 saturated heterocycles. The highest BCUT2D eigenvalue weighted by Crippen LogP contribution is 2.32. The van der Waals surface area contributed by atoms with Crippen LogP contribution in [0.15, 0.2) is 76.7 Å². The molecule has 0 fully saturated rings. The highest BCUT2D eigenvalue weighted by molar-refractivity contribution is 7.92. The molecule has 4 rings (SSSR count). The van der Waals surface area contributed by atoms with E-state index >= 15 is 0 Å². The van der Waals surface area contributed by atoms with Gasteiger partial charge in [-0.1, -0.05) is 17.7 Å². The van der Waals surface area contributed by atoms with Gasteiger partial charge in [-0.05, 0) is 81.8 Å². The van der Waals surface area contributed by atoms with Crippen molar-refractivity contribution in [2.24, 2.45) is 5.10 Å². The summed E-state index contributed by atoms with van der Waals surface area (Å²) in [6, 6.07) is 17.1. The Morgan fingerprint density at radius 1 is 0.952 bits per heavy atom. The lowest BCUT2D eigenvalue weighted by Gasteiger charge is -2.24. The number of rotatable bonds is 10. The first-order valence-corrected chi connectivity index (χ1v) is 14.5. The molecular weight excluding hydrogens is 559 g/mol. The Bertz CT molecular complexity index is 1750. The van der Waals surface area contributed by atoms with Crippen molar-refractivity contribution < 1.29 is 27.1 Å². The molecule has 0 saturated carbocycles. The van der Waals surface area contributed by atoms with E-state index < -0.39 is 28.3 Å². The number of halogens is 1. The van der Waals surface area contributed by atoms with E-state index in [-0.39, 0.29) is 16.3 Å². The fourth-order valence-corrected chi connectivity index (χ4v) is 6.15. The number of amides is 1. The summed E-state index contributed by atoms with van der Waals surface area (Å²) in [5.41, 5.74) is 8.59. The van der Waals surface area contributed by atoms with Gasteiger partial charge in [0.2, 0.25) is 0 Å². The van der Waals surface area contributed by atoms with Crippen molar-refractivity contribution in [1.29, 1.82) is 0 Å². The summed E-state index contributed by atoms with van der Waals surface area (Å²) in [6.45, 7) is 7.44. The van der Waals surface area contributed by atoms with Crippen molar-refractivity contribution in [3.8, 4) is 17.2 Å². The Hall–Kier alpha value is -4.64. The third-order valence-electron chi connectivity index (χ3n) is 6.80. The van der Waals surface area contributed by atoms with Crippen molar-refractivity contribution in [3.63, 3.8) is 0 Å². The number of anilines is 1. The van der Waals surface area contributed by atoms with Gasteiger partial charge in [0.1, 0.15) is 12.4 Å². The molecule has 3 aromatic carbocycles. The second-order valence-corrected chi connectivity index (χ2v) is 11.6. The first kappa shape index (κ1) is 30.3. The van der Waals surface area contributed by atoms with Crippen LogP contribution in [-0.2, 0) is 14.8 Å². The molecule has 0 bridgehead atoms. The lowest BCUT2D eigenvalue weighted by atomic mass is 10.1. The van der Waals surface area contributed by atoms with Crippen LogP contribution in [0.3, 0.4) is 0 Å². The minimum atomic E-state index is -4.28. The number of aromatic nitrogens is 1. The highest BCUT2D eigenvalue weighted by atomic mass is 32.2. The zero-order chi connectivity index (χ0) is 30.6. The van der Waals surface area contributed by atoms with Crippen LogP contribution < -0.4 is 19.2 Å². The molecule has 0 radical (unpaired) electrons. The van der Waals surface area contributed by atoms with E-state index in [1.165, 1.54) is 56.3 Å². The SMILES string of the molecule is COc1ccc(S(=O)(=O)N(CC(=O)N/N=C\c2cc(C)n(-c3ccc(C)cc3C)c2C)c2ccc(F)cc2)cc1OC. The average molecular weight is 593 g/mol. The number of hydrogen-bond acceptors (Lipinski definition) is 6. The van der Waals surface area contributed by atoms with E-state index in [4.69, 9.17) is 9.47 Å². The predicted octanol–water partition coefficient (Wildman–Crippen LogP) is 5.21. The van der Waals surface area contributed by atoms with Gasteiger partial charge in [-0.15, -0.1) is 0 Å². The number of hydrogen-bond donors (Lipinski definition) is 1. The number of methoxy groups -OCH3 is 2. The van der Waals surface area contributed by atoms with Gasteiger partial charge in [-0.25, -0.2) is 18.2 Å². The zero-order valence-electron chi connectivity index (χ0n) is 24.3. The molecule has 1 heterocycles. The van der Waals surface area contributed by atoms with Crippen LogP contribution in [0.5, 0.6) is 11.5 Å². The van der Waals surface area contributed by atoms with E-state index in [0.717, 1.165) is 44.6 Å². The van der Waals surface area contributed by atoms with E-state index in [1.54, 1.807) is 0 Å². The Kier molecular flexibility index (Phi) is 9.01. The number of carbonyl (C=O) groups excluding carboxylic acids is 1. The van der Waals surface area contributed by atoms with Crippen LogP contribution in [0.2, 0.25) is 0 Å². The molecule has 220 valence electrons. The smallest absolute Gasteiger partial charge is 0.264 e. The number of nitrogens with one attached hydrogen (secondary N) is 1. The molecule has 0 unspecified atom stereocenters. The molecular formula is C31H33FN4O5S. The predicted molar refractivity (Wildman–Crippen MR) is 161 cm³/mol. The first-order valence-electron chi connectivity index (χ1n) is 13.0. The Labute approximate surface area is 245 Å². The van der Waals surface area contributed by atoms with Gasteiger partial charge in [0.15, 0.2) is 11.5 Å². The van der Waals surface area contributed by atoms with Gasteiger partial charge in [-0.3, -0.25) is 9.10 Å². The van der Waals surface area contributed by atoms with Gasteiger partial charge in [-0.2, -0.15) is 5.10 Å². The minimum Gasteiger partial charge on any atom is -0.493 e. The van der Waals surface area contributed by atoms with Crippen LogP contribution in [-0.4, -0.2) is 45.9 Å². The molecule has 0 aliphatic rings. The topological polar surface area (TPSA) is 102 Å². The van der Waals surface area contributed by atoms with Crippen LogP contribution >= 0.6 is 0 Å². The summed E-state index contributed by atoms with van der Waals surface area (Å²) < 4.78 is 54.5. The van der Waals surface area contributed by atoms with Crippen molar-refractivity contribution >= 4 is 27.8 Å². The van der Waals surface area contributed by atoms with E-state index in [9.17, 15) is 17.6 Å². The Morgan fingerprint density at radius 2 is 1.64 bits per heavy atom. The Balaban J connectivity index is 1.59. The second kappa shape index (κ2) is 12.5. The van der Waals surface area contributed by atoms with Crippen molar-refractivity contribution in [3.05, 3.63) is 101 Å². The summed E-state index contributed by atoms with van der Waals surface area (Å²) in [7, 11) is -1.47. The van der Waals surface area contributed by atoms with Gasteiger partial charge < -0.3 is 14.0 Å². The largest absolute Gasteiger partial charge is 0.493 e. The maximum Gasteiger partial charge on any atom is 0.264 e. The number of nitrogens with zero attached hydrogens (tertiary/aromatic N) is 3. The van der Waals surface area contributed by atoms with Gasteiger partial charge in [0.25, 0.3) is 15.9 Å². The monoisotopic (exact) mass is 592 g/mol. The third-order valence-corrected chi connectivity index (χ3v) is 8.57. The van der Waals surface area contributed by atoms with Crippen LogP contribution in [0, 0.1) is 33.5 Å². The molecule has 0 aliphatic heterocycles. The van der Waals surface area contributed by atoms with E-state index in [1.807, 2.05) is 26.8 Å². The number of aryl methyl sites for hydroxylation is 3. The molecule has 9 nitrogen and oxygen atoms in total. The van der Waals surface area contributed by atoms with E-state index in [0.29, 0.717) is 5.75 Å². The maximum absolute atomic E-state index is 13.7. The normalized spacial score (nSPS) is 11.5. The molecule has 4 aromatic rings. The summed E-state index contributed by atoms with van der Waals surface area (Å²) >= 11 is 0. The summed E-state index contributed by atoms with van der Waals surface area (Å²) in [5.74, 6) is -0.698. The quantitative estimate of drug-likeness (QED) is 0.201. The van der Waals surface area contributed by atoms with Crippen molar-refractivity contribution in [1.82, 2.24) is 9.99 Å². The lowest BCUT2D eigenvalue weighted by molar-refractivity contribution is -0.119. The second-order valence-electron chi connectivity index (χ2n) is 9.75. The zero-order valence-corrected chi connectivity index (χ0v) is 25.1. The molecule has 1 N–H and O–H groups in total. The summed E-state index contributed by atoms with van der Waals surface area (Å²) in [4.78, 5) is 12.8.